The molecule has 1 saturated heterocycles. The average molecular weight is 444 g/mol. The lowest BCUT2D eigenvalue weighted by Gasteiger charge is -2.23. The summed E-state index contributed by atoms with van der Waals surface area (Å²) in [6.07, 6.45) is 2.54. The highest BCUT2D eigenvalue weighted by Gasteiger charge is 2.25. The molecule has 32 heavy (non-hydrogen) atoms. The number of ether oxygens (including phenoxy) is 1. The van der Waals surface area contributed by atoms with E-state index in [4.69, 9.17) is 4.74 Å². The first kappa shape index (κ1) is 24.0. The van der Waals surface area contributed by atoms with Crippen molar-refractivity contribution in [2.45, 2.75) is 45.3 Å². The number of aliphatic hydroxyl groups is 1. The molecule has 0 aromatic heterocycles. The Morgan fingerprint density at radius 3 is 2.72 bits per heavy atom. The summed E-state index contributed by atoms with van der Waals surface area (Å²) in [6, 6.07) is 12.2. The number of carbonyl (C=O) groups is 1. The van der Waals surface area contributed by atoms with E-state index in [1.807, 2.05) is 4.90 Å². The van der Waals surface area contributed by atoms with Crippen molar-refractivity contribution in [2.75, 3.05) is 43.1 Å². The van der Waals surface area contributed by atoms with Crippen LogP contribution in [-0.2, 0) is 0 Å². The van der Waals surface area contributed by atoms with Gasteiger partial charge in [0.25, 0.3) is 5.91 Å². The van der Waals surface area contributed by atoms with Gasteiger partial charge in [0.2, 0.25) is 0 Å². The summed E-state index contributed by atoms with van der Waals surface area (Å²) in [5, 5.41) is 12.7. The molecule has 0 radical (unpaired) electrons. The number of rotatable bonds is 10. The van der Waals surface area contributed by atoms with Gasteiger partial charge in [0.15, 0.2) is 0 Å². The van der Waals surface area contributed by atoms with Crippen molar-refractivity contribution in [3.8, 4) is 5.75 Å². The fraction of sp³-hybridized carbons (Fsp3) is 0.480. The number of hydrogen-bond acceptors (Lipinski definition) is 5. The molecule has 1 amide bonds. The number of aliphatic hydroxyl groups excluding tert-OH is 1. The van der Waals surface area contributed by atoms with Crippen LogP contribution in [-0.4, -0.2) is 56.4 Å². The maximum Gasteiger partial charge on any atom is 0.258 e. The van der Waals surface area contributed by atoms with Crippen molar-refractivity contribution in [3.05, 3.63) is 53.8 Å². The molecule has 7 heteroatoms. The summed E-state index contributed by atoms with van der Waals surface area (Å²) in [7, 11) is 1.65. The van der Waals surface area contributed by atoms with E-state index in [1.54, 1.807) is 50.4 Å². The highest BCUT2D eigenvalue weighted by molar-refractivity contribution is 6.05. The van der Waals surface area contributed by atoms with Crippen molar-refractivity contribution >= 4 is 17.3 Å². The van der Waals surface area contributed by atoms with Crippen molar-refractivity contribution in [2.24, 2.45) is 0 Å². The van der Waals surface area contributed by atoms with Crippen LogP contribution in [0.5, 0.6) is 5.75 Å². The van der Waals surface area contributed by atoms with Gasteiger partial charge in [0.1, 0.15) is 11.6 Å². The van der Waals surface area contributed by atoms with Crippen LogP contribution < -0.4 is 19.9 Å². The minimum atomic E-state index is -0.405. The standard InChI is InChI=1S/C25H34FN3O3/c1-4-5-14-32-22-9-6-19(7-10-22)25(31)28(3)21-8-11-24(23(26)15-21)29-13-12-20(17-29)27-16-18(2)30/h6-11,15,18,20,27,30H,4-5,12-14,16-17H2,1-3H3. The Morgan fingerprint density at radius 1 is 1.31 bits per heavy atom. The molecule has 2 aromatic rings. The van der Waals surface area contributed by atoms with Gasteiger partial charge in [0, 0.05) is 44.0 Å². The van der Waals surface area contributed by atoms with Crippen LogP contribution in [0.25, 0.3) is 0 Å². The lowest BCUT2D eigenvalue weighted by Crippen LogP contribution is -2.36. The number of halogens is 1. The average Bonchev–Trinajstić information content (AvgIpc) is 3.26. The number of nitrogens with zero attached hydrogens (tertiary/aromatic N) is 2. The number of carbonyl (C=O) groups excluding carboxylic acids is 1. The van der Waals surface area contributed by atoms with Crippen LogP contribution in [0.1, 0.15) is 43.5 Å². The van der Waals surface area contributed by atoms with E-state index in [0.29, 0.717) is 36.6 Å². The Bertz CT molecular complexity index is 889. The normalized spacial score (nSPS) is 16.8. The van der Waals surface area contributed by atoms with Crippen LogP contribution in [0.3, 0.4) is 0 Å². The fourth-order valence-electron chi connectivity index (χ4n) is 3.78. The molecular formula is C25H34FN3O3. The zero-order chi connectivity index (χ0) is 23.1. The van der Waals surface area contributed by atoms with Crippen LogP contribution in [0.4, 0.5) is 15.8 Å². The van der Waals surface area contributed by atoms with Gasteiger partial charge in [-0.15, -0.1) is 0 Å². The first-order valence-electron chi connectivity index (χ1n) is 11.4. The second kappa shape index (κ2) is 11.3. The van der Waals surface area contributed by atoms with Crippen LogP contribution in [0.15, 0.2) is 42.5 Å². The quantitative estimate of drug-likeness (QED) is 0.547. The van der Waals surface area contributed by atoms with Crippen molar-refractivity contribution in [3.63, 3.8) is 0 Å². The SMILES string of the molecule is CCCCOc1ccc(C(=O)N(C)c2ccc(N3CCC(NCC(C)O)C3)c(F)c2)cc1. The number of nitrogens with one attached hydrogen (secondary N) is 1. The van der Waals surface area contributed by atoms with Crippen molar-refractivity contribution < 1.29 is 19.0 Å². The third-order valence-electron chi connectivity index (χ3n) is 5.72. The molecule has 0 saturated carbocycles. The van der Waals surface area contributed by atoms with Gasteiger partial charge in [-0.1, -0.05) is 13.3 Å². The Balaban J connectivity index is 1.62. The molecule has 0 spiro atoms. The number of unbranched alkanes of at least 4 members (excludes halogenated alkanes) is 1. The molecule has 2 aromatic carbocycles. The molecule has 2 N–H and O–H groups in total. The second-order valence-electron chi connectivity index (χ2n) is 8.42. The first-order chi connectivity index (χ1) is 15.4. The Hall–Kier alpha value is -2.64. The minimum Gasteiger partial charge on any atom is -0.494 e. The maximum absolute atomic E-state index is 14.9. The van der Waals surface area contributed by atoms with Gasteiger partial charge in [-0.25, -0.2) is 4.39 Å². The van der Waals surface area contributed by atoms with E-state index >= 15 is 0 Å². The molecule has 1 aliphatic rings. The van der Waals surface area contributed by atoms with Gasteiger partial charge >= 0.3 is 0 Å². The Kier molecular flexibility index (Phi) is 8.47. The predicted molar refractivity (Wildman–Crippen MR) is 126 cm³/mol. The van der Waals surface area contributed by atoms with E-state index in [0.717, 1.165) is 31.6 Å². The summed E-state index contributed by atoms with van der Waals surface area (Å²) in [4.78, 5) is 16.3. The summed E-state index contributed by atoms with van der Waals surface area (Å²) >= 11 is 0. The zero-order valence-electron chi connectivity index (χ0n) is 19.2. The molecule has 174 valence electrons. The third kappa shape index (κ3) is 6.20. The fourth-order valence-corrected chi connectivity index (χ4v) is 3.78. The largest absolute Gasteiger partial charge is 0.494 e. The van der Waals surface area contributed by atoms with Gasteiger partial charge < -0.3 is 25.0 Å². The van der Waals surface area contributed by atoms with Crippen LogP contribution >= 0.6 is 0 Å². The number of hydrogen-bond donors (Lipinski definition) is 2. The van der Waals surface area contributed by atoms with Crippen LogP contribution in [0, 0.1) is 5.82 Å². The molecule has 2 unspecified atom stereocenters. The summed E-state index contributed by atoms with van der Waals surface area (Å²) < 4.78 is 20.6. The molecule has 6 nitrogen and oxygen atoms in total. The van der Waals surface area contributed by atoms with Gasteiger partial charge in [-0.2, -0.15) is 0 Å². The smallest absolute Gasteiger partial charge is 0.258 e. The summed E-state index contributed by atoms with van der Waals surface area (Å²) in [5.74, 6) is 0.179. The van der Waals surface area contributed by atoms with E-state index < -0.39 is 6.10 Å². The monoisotopic (exact) mass is 443 g/mol. The topological polar surface area (TPSA) is 65.0 Å². The Labute approximate surface area is 190 Å². The molecule has 1 fully saturated rings. The molecule has 1 heterocycles. The molecular weight excluding hydrogens is 409 g/mol. The highest BCUT2D eigenvalue weighted by atomic mass is 19.1. The molecule has 0 aliphatic carbocycles. The lowest BCUT2D eigenvalue weighted by atomic mass is 10.1. The second-order valence-corrected chi connectivity index (χ2v) is 8.42. The van der Waals surface area contributed by atoms with Gasteiger partial charge in [-0.3, -0.25) is 4.79 Å². The lowest BCUT2D eigenvalue weighted by molar-refractivity contribution is 0.0993. The van der Waals surface area contributed by atoms with E-state index in [-0.39, 0.29) is 17.8 Å². The Morgan fingerprint density at radius 2 is 2.06 bits per heavy atom. The number of amides is 1. The van der Waals surface area contributed by atoms with Gasteiger partial charge in [0.05, 0.1) is 18.4 Å². The van der Waals surface area contributed by atoms with Crippen molar-refractivity contribution in [1.82, 2.24) is 5.32 Å². The molecule has 3 rings (SSSR count). The minimum absolute atomic E-state index is 0.208. The number of anilines is 2. The van der Waals surface area contributed by atoms with E-state index in [1.165, 1.54) is 11.0 Å². The maximum atomic E-state index is 14.9. The summed E-state index contributed by atoms with van der Waals surface area (Å²) in [6.45, 7) is 6.46. The first-order valence-corrected chi connectivity index (χ1v) is 11.4. The van der Waals surface area contributed by atoms with Crippen molar-refractivity contribution in [1.29, 1.82) is 0 Å². The van der Waals surface area contributed by atoms with Crippen LogP contribution in [0.2, 0.25) is 0 Å². The predicted octanol–water partition coefficient (Wildman–Crippen LogP) is 3.83. The molecule has 2 atom stereocenters. The highest BCUT2D eigenvalue weighted by Crippen LogP contribution is 2.28. The molecule has 1 aliphatic heterocycles. The van der Waals surface area contributed by atoms with E-state index in [9.17, 15) is 14.3 Å². The third-order valence-corrected chi connectivity index (χ3v) is 5.72. The van der Waals surface area contributed by atoms with E-state index in [2.05, 4.69) is 12.2 Å². The molecule has 0 bridgehead atoms. The summed E-state index contributed by atoms with van der Waals surface area (Å²) in [5.41, 5.74) is 1.55. The zero-order valence-corrected chi connectivity index (χ0v) is 19.2. The van der Waals surface area contributed by atoms with Gasteiger partial charge in [-0.05, 0) is 62.2 Å². The number of benzene rings is 2.